The van der Waals surface area contributed by atoms with E-state index in [1.54, 1.807) is 7.05 Å². The van der Waals surface area contributed by atoms with Crippen LogP contribution in [0.25, 0.3) is 0 Å². The van der Waals surface area contributed by atoms with E-state index >= 15 is 0 Å². The maximum Gasteiger partial charge on any atom is 0.215 e. The molecule has 0 aliphatic heterocycles. The van der Waals surface area contributed by atoms with Crippen LogP contribution in [0.1, 0.15) is 0 Å². The minimum Gasteiger partial charge on any atom is -0.319 e. The van der Waals surface area contributed by atoms with Crippen molar-refractivity contribution in [1.29, 1.82) is 0 Å². The largest absolute Gasteiger partial charge is 0.319 e. The number of terminal acetylenes is 1. The Labute approximate surface area is 74.0 Å². The van der Waals surface area contributed by atoms with Crippen molar-refractivity contribution in [2.24, 2.45) is 0 Å². The molecular formula is C7H14N2O2S. The van der Waals surface area contributed by atoms with Gasteiger partial charge in [0.2, 0.25) is 10.0 Å². The number of hydrogen-bond acceptors (Lipinski definition) is 3. The fourth-order valence-corrected chi connectivity index (χ4v) is 1.66. The zero-order chi connectivity index (χ0) is 9.61. The highest BCUT2D eigenvalue weighted by molar-refractivity contribution is 7.89. The maximum absolute atomic E-state index is 11.3. The standard InChI is InChI=1S/C7H14N2O2S/c1-4-6-9(3)12(10,11)7-5-8-2/h1,8H,5-7H2,2-3H3. The number of sulfonamides is 1. The van der Waals surface area contributed by atoms with Gasteiger partial charge < -0.3 is 5.32 Å². The average Bonchev–Trinajstić information content (AvgIpc) is 2.01. The molecule has 0 unspecified atom stereocenters. The van der Waals surface area contributed by atoms with Gasteiger partial charge in [0, 0.05) is 13.6 Å². The monoisotopic (exact) mass is 190 g/mol. The summed E-state index contributed by atoms with van der Waals surface area (Å²) in [6.07, 6.45) is 4.98. The lowest BCUT2D eigenvalue weighted by Crippen LogP contribution is -2.33. The van der Waals surface area contributed by atoms with E-state index in [4.69, 9.17) is 6.42 Å². The molecule has 0 bridgehead atoms. The third-order valence-corrected chi connectivity index (χ3v) is 3.20. The Hall–Kier alpha value is -0.570. The molecular weight excluding hydrogens is 176 g/mol. The Balaban J connectivity index is 4.12. The van der Waals surface area contributed by atoms with Crippen molar-refractivity contribution in [3.63, 3.8) is 0 Å². The Morgan fingerprint density at radius 2 is 2.17 bits per heavy atom. The minimum absolute atomic E-state index is 0.0850. The van der Waals surface area contributed by atoms with E-state index in [2.05, 4.69) is 11.2 Å². The predicted molar refractivity (Wildman–Crippen MR) is 49.2 cm³/mol. The van der Waals surface area contributed by atoms with Gasteiger partial charge in [0.05, 0.1) is 12.3 Å². The van der Waals surface area contributed by atoms with Crippen molar-refractivity contribution in [2.45, 2.75) is 0 Å². The summed E-state index contributed by atoms with van der Waals surface area (Å²) in [6.45, 7) is 0.573. The van der Waals surface area contributed by atoms with Gasteiger partial charge in [-0.1, -0.05) is 5.92 Å². The van der Waals surface area contributed by atoms with Crippen LogP contribution in [-0.4, -0.2) is 45.7 Å². The van der Waals surface area contributed by atoms with E-state index in [0.29, 0.717) is 6.54 Å². The molecule has 0 saturated carbocycles. The van der Waals surface area contributed by atoms with Crippen LogP contribution in [0.4, 0.5) is 0 Å². The summed E-state index contributed by atoms with van der Waals surface area (Å²) in [4.78, 5) is 0. The quantitative estimate of drug-likeness (QED) is 0.572. The Morgan fingerprint density at radius 3 is 2.58 bits per heavy atom. The van der Waals surface area contributed by atoms with Gasteiger partial charge in [-0.3, -0.25) is 0 Å². The van der Waals surface area contributed by atoms with E-state index in [0.717, 1.165) is 0 Å². The molecule has 1 N–H and O–H groups in total. The predicted octanol–water partition coefficient (Wildman–Crippen LogP) is -0.899. The van der Waals surface area contributed by atoms with Gasteiger partial charge in [0.25, 0.3) is 0 Å². The van der Waals surface area contributed by atoms with Crippen LogP contribution >= 0.6 is 0 Å². The third-order valence-electron chi connectivity index (χ3n) is 1.40. The van der Waals surface area contributed by atoms with Crippen molar-refractivity contribution < 1.29 is 8.42 Å². The first-order valence-corrected chi connectivity index (χ1v) is 5.17. The van der Waals surface area contributed by atoms with E-state index in [9.17, 15) is 8.42 Å². The molecule has 0 aromatic heterocycles. The summed E-state index contributed by atoms with van der Waals surface area (Å²) in [5.74, 6) is 2.36. The van der Waals surface area contributed by atoms with Gasteiger partial charge in [0.1, 0.15) is 0 Å². The molecule has 0 atom stereocenters. The van der Waals surface area contributed by atoms with Gasteiger partial charge in [-0.15, -0.1) is 6.42 Å². The zero-order valence-corrected chi connectivity index (χ0v) is 8.19. The molecule has 0 aromatic carbocycles. The summed E-state index contributed by atoms with van der Waals surface area (Å²) in [5.41, 5.74) is 0. The number of hydrogen-bond donors (Lipinski definition) is 1. The first-order chi connectivity index (χ1) is 5.54. The third kappa shape index (κ3) is 3.72. The van der Waals surface area contributed by atoms with Crippen molar-refractivity contribution in [3.05, 3.63) is 0 Å². The molecule has 0 rings (SSSR count). The van der Waals surface area contributed by atoms with Gasteiger partial charge in [-0.25, -0.2) is 8.42 Å². The van der Waals surface area contributed by atoms with Crippen molar-refractivity contribution >= 4 is 10.0 Å². The van der Waals surface area contributed by atoms with E-state index in [1.165, 1.54) is 11.4 Å². The second-order valence-electron chi connectivity index (χ2n) is 2.38. The fraction of sp³-hybridized carbons (Fsp3) is 0.714. The molecule has 0 aliphatic carbocycles. The molecule has 0 heterocycles. The first kappa shape index (κ1) is 11.4. The number of nitrogens with one attached hydrogen (secondary N) is 1. The molecule has 12 heavy (non-hydrogen) atoms. The van der Waals surface area contributed by atoms with Crippen LogP contribution in [0.5, 0.6) is 0 Å². The number of nitrogens with zero attached hydrogens (tertiary/aromatic N) is 1. The fourth-order valence-electron chi connectivity index (χ4n) is 0.614. The number of rotatable bonds is 5. The molecule has 0 amide bonds. The Morgan fingerprint density at radius 1 is 1.58 bits per heavy atom. The minimum atomic E-state index is -3.16. The SMILES string of the molecule is C#CCN(C)S(=O)(=O)CCNC. The van der Waals surface area contributed by atoms with E-state index in [-0.39, 0.29) is 12.3 Å². The molecule has 0 fully saturated rings. The van der Waals surface area contributed by atoms with Crippen LogP contribution in [0.2, 0.25) is 0 Å². The van der Waals surface area contributed by atoms with Crippen LogP contribution in [0, 0.1) is 12.3 Å². The lowest BCUT2D eigenvalue weighted by Gasteiger charge is -2.13. The van der Waals surface area contributed by atoms with Gasteiger partial charge >= 0.3 is 0 Å². The van der Waals surface area contributed by atoms with E-state index < -0.39 is 10.0 Å². The molecule has 0 aliphatic rings. The van der Waals surface area contributed by atoms with Crippen molar-refractivity contribution in [1.82, 2.24) is 9.62 Å². The average molecular weight is 190 g/mol. The van der Waals surface area contributed by atoms with Crippen molar-refractivity contribution in [2.75, 3.05) is 32.9 Å². The molecule has 0 saturated heterocycles. The molecule has 0 aromatic rings. The Kier molecular flexibility index (Phi) is 4.90. The summed E-state index contributed by atoms with van der Waals surface area (Å²) < 4.78 is 23.7. The first-order valence-electron chi connectivity index (χ1n) is 3.56. The lowest BCUT2D eigenvalue weighted by atomic mass is 10.7. The molecule has 0 spiro atoms. The van der Waals surface area contributed by atoms with Gasteiger partial charge in [-0.05, 0) is 7.05 Å². The summed E-state index contributed by atoms with van der Waals surface area (Å²) in [5, 5.41) is 2.76. The maximum atomic E-state index is 11.3. The van der Waals surface area contributed by atoms with Crippen LogP contribution in [0.15, 0.2) is 0 Å². The van der Waals surface area contributed by atoms with Crippen LogP contribution in [-0.2, 0) is 10.0 Å². The topological polar surface area (TPSA) is 49.4 Å². The highest BCUT2D eigenvalue weighted by Crippen LogP contribution is 1.95. The highest BCUT2D eigenvalue weighted by atomic mass is 32.2. The Bertz CT molecular complexity index is 253. The van der Waals surface area contributed by atoms with E-state index in [1.807, 2.05) is 0 Å². The molecule has 70 valence electrons. The zero-order valence-electron chi connectivity index (χ0n) is 7.37. The summed E-state index contributed by atoms with van der Waals surface area (Å²) in [6, 6.07) is 0. The summed E-state index contributed by atoms with van der Waals surface area (Å²) in [7, 11) is 0.0258. The molecule has 5 heteroatoms. The highest BCUT2D eigenvalue weighted by Gasteiger charge is 2.15. The van der Waals surface area contributed by atoms with Crippen LogP contribution < -0.4 is 5.32 Å². The normalized spacial score (nSPS) is 11.5. The second kappa shape index (κ2) is 5.14. The smallest absolute Gasteiger partial charge is 0.215 e. The lowest BCUT2D eigenvalue weighted by molar-refractivity contribution is 0.501. The molecule has 0 radical (unpaired) electrons. The van der Waals surface area contributed by atoms with Gasteiger partial charge in [-0.2, -0.15) is 4.31 Å². The molecule has 4 nitrogen and oxygen atoms in total. The van der Waals surface area contributed by atoms with Crippen molar-refractivity contribution in [3.8, 4) is 12.3 Å². The summed E-state index contributed by atoms with van der Waals surface area (Å²) >= 11 is 0. The second-order valence-corrected chi connectivity index (χ2v) is 4.58. The van der Waals surface area contributed by atoms with Crippen LogP contribution in [0.3, 0.4) is 0 Å². The van der Waals surface area contributed by atoms with Gasteiger partial charge in [0.15, 0.2) is 0 Å².